The maximum atomic E-state index is 10.4. The Bertz CT molecular complexity index is 910. The molecule has 25 heavy (non-hydrogen) atoms. The molecule has 6 heteroatoms. The first-order valence-corrected chi connectivity index (χ1v) is 9.22. The second kappa shape index (κ2) is 6.46. The van der Waals surface area contributed by atoms with Crippen molar-refractivity contribution in [1.29, 1.82) is 0 Å². The van der Waals surface area contributed by atoms with Gasteiger partial charge in [0.15, 0.2) is 5.11 Å². The van der Waals surface area contributed by atoms with Gasteiger partial charge < -0.3 is 15.3 Å². The average Bonchev–Trinajstić information content (AvgIpc) is 3.19. The Balaban J connectivity index is 1.85. The molecule has 1 aliphatic heterocycles. The molecule has 3 aromatic rings. The molecule has 4 rings (SSSR count). The van der Waals surface area contributed by atoms with Gasteiger partial charge in [-0.2, -0.15) is 0 Å². The van der Waals surface area contributed by atoms with Crippen molar-refractivity contribution in [2.45, 2.75) is 19.0 Å². The van der Waals surface area contributed by atoms with Crippen molar-refractivity contribution in [2.75, 3.05) is 4.90 Å². The fourth-order valence-electron chi connectivity index (χ4n) is 3.18. The van der Waals surface area contributed by atoms with E-state index in [4.69, 9.17) is 12.2 Å². The summed E-state index contributed by atoms with van der Waals surface area (Å²) in [6.45, 7) is 2.09. The lowest BCUT2D eigenvalue weighted by Gasteiger charge is -2.27. The molecule has 4 nitrogen and oxygen atoms in total. The predicted molar refractivity (Wildman–Crippen MR) is 105 cm³/mol. The van der Waals surface area contributed by atoms with Gasteiger partial charge in [-0.05, 0) is 55.5 Å². The summed E-state index contributed by atoms with van der Waals surface area (Å²) in [5.41, 5.74) is 1.63. The van der Waals surface area contributed by atoms with Crippen molar-refractivity contribution < 1.29 is 5.11 Å². The maximum Gasteiger partial charge on any atom is 0.174 e. The fourth-order valence-corrected chi connectivity index (χ4v) is 4.53. The Labute approximate surface area is 155 Å². The van der Waals surface area contributed by atoms with Crippen LogP contribution in [0.3, 0.4) is 0 Å². The van der Waals surface area contributed by atoms with E-state index in [1.54, 1.807) is 23.6 Å². The number of hydrogen-bond acceptors (Lipinski definition) is 4. The fraction of sp³-hybridized carbons (Fsp3) is 0.158. The van der Waals surface area contributed by atoms with Gasteiger partial charge in [0.25, 0.3) is 0 Å². The normalized spacial score (nSPS) is 19.9. The van der Waals surface area contributed by atoms with E-state index in [0.29, 0.717) is 10.8 Å². The summed E-state index contributed by atoms with van der Waals surface area (Å²) in [6.07, 6.45) is 1.79. The molecule has 0 aliphatic carbocycles. The lowest BCUT2D eigenvalue weighted by Crippen LogP contribution is -2.29. The zero-order valence-corrected chi connectivity index (χ0v) is 15.2. The highest BCUT2D eigenvalue weighted by molar-refractivity contribution is 7.80. The highest BCUT2D eigenvalue weighted by atomic mass is 32.1. The maximum absolute atomic E-state index is 10.4. The summed E-state index contributed by atoms with van der Waals surface area (Å²) in [7, 11) is 0. The van der Waals surface area contributed by atoms with Crippen LogP contribution in [0, 0.1) is 6.92 Å². The number of benzene rings is 1. The molecular weight excluding hydrogens is 350 g/mol. The lowest BCUT2D eigenvalue weighted by molar-refractivity contribution is 0.473. The number of para-hydroxylation sites is 2. The number of nitrogens with one attached hydrogen (secondary N) is 1. The molecule has 2 N–H and O–H groups in total. The van der Waals surface area contributed by atoms with E-state index in [1.165, 1.54) is 9.75 Å². The van der Waals surface area contributed by atoms with Crippen LogP contribution in [0.25, 0.3) is 0 Å². The molecule has 0 saturated carbocycles. The number of thiophene rings is 1. The molecule has 1 aromatic carbocycles. The molecule has 1 fully saturated rings. The molecular formula is C19H17N3OS2. The van der Waals surface area contributed by atoms with Crippen LogP contribution in [0.2, 0.25) is 0 Å². The minimum Gasteiger partial charge on any atom is -0.506 e. The summed E-state index contributed by atoms with van der Waals surface area (Å²) in [4.78, 5) is 8.94. The van der Waals surface area contributed by atoms with E-state index >= 15 is 0 Å². The number of aromatic hydroxyl groups is 1. The van der Waals surface area contributed by atoms with Crippen molar-refractivity contribution in [3.05, 3.63) is 76.2 Å². The standard InChI is InChI=1S/C19H17N3OS2/c1-12-9-10-16(25-12)18-17(13-6-4-5-11-20-13)21-19(24)22(18)14-7-2-3-8-15(14)23/h2-11,17-18,23H,1H3,(H,21,24)/t17-,18-/m0/s1. The first-order valence-electron chi connectivity index (χ1n) is 8.00. The highest BCUT2D eigenvalue weighted by Crippen LogP contribution is 2.45. The number of pyridine rings is 1. The minimum atomic E-state index is -0.0774. The number of thiocarbonyl (C=S) groups is 1. The number of hydrogen-bond donors (Lipinski definition) is 2. The van der Waals surface area contributed by atoms with Crippen LogP contribution in [0.15, 0.2) is 60.8 Å². The van der Waals surface area contributed by atoms with E-state index in [0.717, 1.165) is 5.69 Å². The first-order chi connectivity index (χ1) is 12.1. The summed E-state index contributed by atoms with van der Waals surface area (Å²) in [6, 6.07) is 17.3. The molecule has 0 spiro atoms. The number of phenolic OH excluding ortho intramolecular Hbond substituents is 1. The number of aromatic nitrogens is 1. The van der Waals surface area contributed by atoms with Crippen LogP contribution >= 0.6 is 23.6 Å². The van der Waals surface area contributed by atoms with Crippen LogP contribution in [0.4, 0.5) is 5.69 Å². The van der Waals surface area contributed by atoms with E-state index in [1.807, 2.05) is 41.3 Å². The molecule has 0 amide bonds. The van der Waals surface area contributed by atoms with Gasteiger partial charge in [0.1, 0.15) is 5.75 Å². The van der Waals surface area contributed by atoms with E-state index in [9.17, 15) is 5.11 Å². The SMILES string of the molecule is Cc1ccc([C@H]2[C@H](c3ccccn3)NC(=S)N2c2ccccc2O)s1. The Morgan fingerprint density at radius 3 is 2.60 bits per heavy atom. The predicted octanol–water partition coefficient (Wildman–Crippen LogP) is 4.33. The number of phenols is 1. The van der Waals surface area contributed by atoms with Crippen LogP contribution in [-0.2, 0) is 0 Å². The third kappa shape index (κ3) is 2.88. The van der Waals surface area contributed by atoms with E-state index < -0.39 is 0 Å². The molecule has 0 radical (unpaired) electrons. The van der Waals surface area contributed by atoms with Crippen molar-refractivity contribution in [2.24, 2.45) is 0 Å². The van der Waals surface area contributed by atoms with Crippen LogP contribution in [-0.4, -0.2) is 15.2 Å². The number of rotatable bonds is 3. The Kier molecular flexibility index (Phi) is 4.15. The van der Waals surface area contributed by atoms with E-state index in [2.05, 4.69) is 29.4 Å². The smallest absolute Gasteiger partial charge is 0.174 e. The molecule has 1 aliphatic rings. The van der Waals surface area contributed by atoms with Gasteiger partial charge >= 0.3 is 0 Å². The highest BCUT2D eigenvalue weighted by Gasteiger charge is 2.42. The van der Waals surface area contributed by atoms with Gasteiger partial charge in [-0.1, -0.05) is 18.2 Å². The van der Waals surface area contributed by atoms with E-state index in [-0.39, 0.29) is 17.8 Å². The third-order valence-corrected chi connectivity index (χ3v) is 5.68. The van der Waals surface area contributed by atoms with Gasteiger partial charge in [-0.3, -0.25) is 4.98 Å². The number of anilines is 1. The minimum absolute atomic E-state index is 0.0607. The van der Waals surface area contributed by atoms with Gasteiger partial charge in [-0.15, -0.1) is 11.3 Å². The number of nitrogens with zero attached hydrogens (tertiary/aromatic N) is 2. The third-order valence-electron chi connectivity index (χ3n) is 4.29. The molecule has 2 atom stereocenters. The van der Waals surface area contributed by atoms with Gasteiger partial charge in [0.05, 0.1) is 23.5 Å². The summed E-state index contributed by atoms with van der Waals surface area (Å²) < 4.78 is 0. The van der Waals surface area contributed by atoms with Crippen molar-refractivity contribution in [3.8, 4) is 5.75 Å². The second-order valence-corrected chi connectivity index (χ2v) is 7.64. The molecule has 126 valence electrons. The molecule has 1 saturated heterocycles. The second-order valence-electron chi connectivity index (χ2n) is 5.93. The van der Waals surface area contributed by atoms with Gasteiger partial charge in [-0.25, -0.2) is 0 Å². The zero-order valence-electron chi connectivity index (χ0n) is 13.6. The largest absolute Gasteiger partial charge is 0.506 e. The van der Waals surface area contributed by atoms with Gasteiger partial charge in [0, 0.05) is 16.0 Å². The Hall–Kier alpha value is -2.44. The van der Waals surface area contributed by atoms with Crippen molar-refractivity contribution >= 4 is 34.4 Å². The van der Waals surface area contributed by atoms with Crippen LogP contribution < -0.4 is 10.2 Å². The first kappa shape index (κ1) is 16.1. The van der Waals surface area contributed by atoms with Crippen LogP contribution in [0.5, 0.6) is 5.75 Å². The average molecular weight is 367 g/mol. The monoisotopic (exact) mass is 367 g/mol. The quantitative estimate of drug-likeness (QED) is 0.675. The summed E-state index contributed by atoms with van der Waals surface area (Å²) in [5.74, 6) is 0.214. The summed E-state index contributed by atoms with van der Waals surface area (Å²) in [5, 5.41) is 14.4. The zero-order chi connectivity index (χ0) is 17.4. The van der Waals surface area contributed by atoms with Crippen molar-refractivity contribution in [3.63, 3.8) is 0 Å². The van der Waals surface area contributed by atoms with Gasteiger partial charge in [0.2, 0.25) is 0 Å². The Morgan fingerprint density at radius 2 is 1.92 bits per heavy atom. The van der Waals surface area contributed by atoms with Crippen molar-refractivity contribution in [1.82, 2.24) is 10.3 Å². The molecule has 0 bridgehead atoms. The lowest BCUT2D eigenvalue weighted by atomic mass is 10.0. The molecule has 3 heterocycles. The topological polar surface area (TPSA) is 48.4 Å². The Morgan fingerprint density at radius 1 is 1.12 bits per heavy atom. The summed E-state index contributed by atoms with van der Waals surface area (Å²) >= 11 is 7.36. The molecule has 0 unspecified atom stereocenters. The van der Waals surface area contributed by atoms with Crippen LogP contribution in [0.1, 0.15) is 27.5 Å². The molecule has 2 aromatic heterocycles. The number of aryl methyl sites for hydroxylation is 1.